The molecule has 1 N–H and O–H groups in total. The Balaban J connectivity index is 1.27. The molecule has 0 bridgehead atoms. The van der Waals surface area contributed by atoms with Gasteiger partial charge in [-0.25, -0.2) is 4.79 Å². The highest BCUT2D eigenvalue weighted by molar-refractivity contribution is 5.80. The zero-order chi connectivity index (χ0) is 25.7. The number of fused-ring (bicyclic) bond motifs is 1. The molecule has 4 rings (SSSR count). The Morgan fingerprint density at radius 2 is 1.92 bits per heavy atom. The van der Waals surface area contributed by atoms with Gasteiger partial charge in [0, 0.05) is 25.0 Å². The number of ether oxygens (including phenoxy) is 1. The van der Waals surface area contributed by atoms with Crippen LogP contribution in [0.25, 0.3) is 11.1 Å². The summed E-state index contributed by atoms with van der Waals surface area (Å²) >= 11 is 0. The van der Waals surface area contributed by atoms with Crippen molar-refractivity contribution in [2.45, 2.75) is 90.6 Å². The maximum Gasteiger partial charge on any atom is 0.417 e. The van der Waals surface area contributed by atoms with E-state index in [1.165, 1.54) is 12.8 Å². The second-order valence-corrected chi connectivity index (χ2v) is 10.6. The fourth-order valence-corrected chi connectivity index (χ4v) is 5.86. The number of hydrogen-bond donors (Lipinski definition) is 1. The maximum absolute atomic E-state index is 13.2. The van der Waals surface area contributed by atoms with Crippen molar-refractivity contribution in [1.29, 1.82) is 0 Å². The summed E-state index contributed by atoms with van der Waals surface area (Å²) in [5.41, 5.74) is 3.18. The monoisotopic (exact) mass is 499 g/mol. The van der Waals surface area contributed by atoms with Crippen LogP contribution in [0.4, 0.5) is 0 Å². The number of esters is 1. The van der Waals surface area contributed by atoms with E-state index in [-0.39, 0.29) is 23.8 Å². The minimum absolute atomic E-state index is 0.0679. The van der Waals surface area contributed by atoms with E-state index >= 15 is 0 Å². The standard InChI is InChI=1S/C28H41N3O5/c1-4-5-6-7-15-35-27(33)23-9-8-12-31(23)22-10-13-30(14-11-22)26(32)20(3)17-21-16-19(2)25-24(18-21)36-28(34)29-25/h16,18,20,22-23H,4-15,17H2,1-3H3,(H,29,34)/t20-,23-/m1/s1. The largest absolute Gasteiger partial charge is 0.465 e. The number of benzene rings is 1. The maximum atomic E-state index is 13.2. The Bertz CT molecular complexity index is 1100. The first kappa shape index (κ1) is 26.5. The van der Waals surface area contributed by atoms with E-state index in [4.69, 9.17) is 9.15 Å². The predicted molar refractivity (Wildman–Crippen MR) is 139 cm³/mol. The van der Waals surface area contributed by atoms with Crippen molar-refractivity contribution in [3.63, 3.8) is 0 Å². The number of piperidine rings is 1. The highest BCUT2D eigenvalue weighted by atomic mass is 16.5. The van der Waals surface area contributed by atoms with E-state index in [9.17, 15) is 14.4 Å². The lowest BCUT2D eigenvalue weighted by molar-refractivity contribution is -0.151. The lowest BCUT2D eigenvalue weighted by atomic mass is 9.96. The van der Waals surface area contributed by atoms with Crippen molar-refractivity contribution in [2.75, 3.05) is 26.2 Å². The van der Waals surface area contributed by atoms with Gasteiger partial charge in [0.15, 0.2) is 5.58 Å². The van der Waals surface area contributed by atoms with Gasteiger partial charge in [-0.05, 0) is 69.2 Å². The van der Waals surface area contributed by atoms with Crippen LogP contribution in [0.2, 0.25) is 0 Å². The first-order valence-electron chi connectivity index (χ1n) is 13.7. The van der Waals surface area contributed by atoms with E-state index in [2.05, 4.69) is 16.8 Å². The van der Waals surface area contributed by atoms with Crippen molar-refractivity contribution in [3.05, 3.63) is 33.8 Å². The Labute approximate surface area is 213 Å². The molecule has 0 unspecified atom stereocenters. The summed E-state index contributed by atoms with van der Waals surface area (Å²) < 4.78 is 10.8. The molecule has 198 valence electrons. The number of carbonyl (C=O) groups excluding carboxylic acids is 2. The molecule has 1 amide bonds. The van der Waals surface area contributed by atoms with Gasteiger partial charge in [-0.2, -0.15) is 0 Å². The topological polar surface area (TPSA) is 95.9 Å². The summed E-state index contributed by atoms with van der Waals surface area (Å²) in [7, 11) is 0. The SMILES string of the molecule is CCCCCCOC(=O)[C@H]1CCCN1C1CCN(C(=O)[C@H](C)Cc2cc(C)c3[nH]c(=O)oc3c2)CC1. The molecular formula is C28H41N3O5. The van der Waals surface area contributed by atoms with E-state index in [1.807, 2.05) is 30.9 Å². The molecule has 0 radical (unpaired) electrons. The van der Waals surface area contributed by atoms with Crippen LogP contribution in [0.3, 0.4) is 0 Å². The third kappa shape index (κ3) is 6.20. The molecule has 0 saturated carbocycles. The Kier molecular flexibility index (Phi) is 8.88. The average Bonchev–Trinajstić information content (AvgIpc) is 3.50. The number of amides is 1. The minimum atomic E-state index is -0.460. The molecule has 1 aromatic heterocycles. The fourth-order valence-electron chi connectivity index (χ4n) is 5.86. The number of nitrogens with zero attached hydrogens (tertiary/aromatic N) is 2. The van der Waals surface area contributed by atoms with Gasteiger partial charge in [0.1, 0.15) is 6.04 Å². The van der Waals surface area contributed by atoms with E-state index in [0.29, 0.717) is 43.3 Å². The molecule has 8 nitrogen and oxygen atoms in total. The van der Waals surface area contributed by atoms with E-state index in [1.54, 1.807) is 0 Å². The summed E-state index contributed by atoms with van der Waals surface area (Å²) in [5, 5.41) is 0. The van der Waals surface area contributed by atoms with Crippen molar-refractivity contribution in [1.82, 2.24) is 14.8 Å². The van der Waals surface area contributed by atoms with Crippen LogP contribution in [0, 0.1) is 12.8 Å². The molecule has 8 heteroatoms. The lowest BCUT2D eigenvalue weighted by Crippen LogP contribution is -2.51. The Morgan fingerprint density at radius 1 is 1.14 bits per heavy atom. The highest BCUT2D eigenvalue weighted by Gasteiger charge is 2.38. The molecule has 1 aromatic carbocycles. The minimum Gasteiger partial charge on any atom is -0.465 e. The van der Waals surface area contributed by atoms with Gasteiger partial charge < -0.3 is 14.1 Å². The van der Waals surface area contributed by atoms with Crippen LogP contribution in [0.5, 0.6) is 0 Å². The van der Waals surface area contributed by atoms with Gasteiger partial charge in [-0.3, -0.25) is 19.5 Å². The van der Waals surface area contributed by atoms with Crippen LogP contribution in [-0.4, -0.2) is 65.0 Å². The molecule has 36 heavy (non-hydrogen) atoms. The van der Waals surface area contributed by atoms with Crippen LogP contribution >= 0.6 is 0 Å². The average molecular weight is 500 g/mol. The van der Waals surface area contributed by atoms with Gasteiger partial charge in [0.2, 0.25) is 5.91 Å². The molecule has 2 aliphatic rings. The smallest absolute Gasteiger partial charge is 0.417 e. The Morgan fingerprint density at radius 3 is 2.67 bits per heavy atom. The highest BCUT2D eigenvalue weighted by Crippen LogP contribution is 2.28. The number of likely N-dealkylation sites (tertiary alicyclic amines) is 2. The van der Waals surface area contributed by atoms with Crippen molar-refractivity contribution in [3.8, 4) is 0 Å². The first-order valence-corrected chi connectivity index (χ1v) is 13.7. The molecule has 2 aliphatic heterocycles. The third-order valence-electron chi connectivity index (χ3n) is 7.81. The molecule has 0 spiro atoms. The molecule has 2 aromatic rings. The molecule has 0 aliphatic carbocycles. The van der Waals surface area contributed by atoms with E-state index in [0.717, 1.165) is 56.2 Å². The zero-order valence-corrected chi connectivity index (χ0v) is 22.0. The molecule has 2 atom stereocenters. The van der Waals surface area contributed by atoms with Gasteiger partial charge >= 0.3 is 11.7 Å². The number of aromatic amines is 1. The quantitative estimate of drug-likeness (QED) is 0.389. The number of aryl methyl sites for hydroxylation is 1. The number of oxazole rings is 1. The summed E-state index contributed by atoms with van der Waals surface area (Å²) in [6, 6.07) is 4.06. The second kappa shape index (κ2) is 12.1. The van der Waals surface area contributed by atoms with E-state index < -0.39 is 5.76 Å². The number of aromatic nitrogens is 1. The number of hydrogen-bond acceptors (Lipinski definition) is 6. The summed E-state index contributed by atoms with van der Waals surface area (Å²) in [6.45, 7) is 8.96. The van der Waals surface area contributed by atoms with Crippen molar-refractivity contribution < 1.29 is 18.7 Å². The molecule has 3 heterocycles. The van der Waals surface area contributed by atoms with Gasteiger partial charge in [0.25, 0.3) is 0 Å². The van der Waals surface area contributed by atoms with Gasteiger partial charge in [-0.15, -0.1) is 0 Å². The first-order chi connectivity index (χ1) is 17.4. The Hall–Kier alpha value is -2.61. The number of carbonyl (C=O) groups is 2. The number of rotatable bonds is 10. The number of H-pyrrole nitrogens is 1. The summed E-state index contributed by atoms with van der Waals surface area (Å²) in [6.07, 6.45) is 8.68. The van der Waals surface area contributed by atoms with Crippen LogP contribution < -0.4 is 5.76 Å². The second-order valence-electron chi connectivity index (χ2n) is 10.6. The zero-order valence-electron chi connectivity index (χ0n) is 22.0. The fraction of sp³-hybridized carbons (Fsp3) is 0.679. The normalized spacial score (nSPS) is 20.2. The number of nitrogens with one attached hydrogen (secondary N) is 1. The molecular weight excluding hydrogens is 458 g/mol. The van der Waals surface area contributed by atoms with Crippen molar-refractivity contribution >= 4 is 23.0 Å². The lowest BCUT2D eigenvalue weighted by Gasteiger charge is -2.39. The van der Waals surface area contributed by atoms with Crippen LogP contribution in [-0.2, 0) is 20.7 Å². The van der Waals surface area contributed by atoms with Gasteiger partial charge in [-0.1, -0.05) is 39.2 Å². The summed E-state index contributed by atoms with van der Waals surface area (Å²) in [4.78, 5) is 44.5. The number of unbranched alkanes of at least 4 members (excludes halogenated alkanes) is 3. The molecule has 2 fully saturated rings. The van der Waals surface area contributed by atoms with Crippen LogP contribution in [0.1, 0.15) is 76.3 Å². The van der Waals surface area contributed by atoms with Crippen molar-refractivity contribution in [2.24, 2.45) is 5.92 Å². The summed E-state index contributed by atoms with van der Waals surface area (Å²) in [5.74, 6) is -0.531. The molecule has 2 saturated heterocycles. The predicted octanol–water partition coefficient (Wildman–Crippen LogP) is 4.19. The van der Waals surface area contributed by atoms with Gasteiger partial charge in [0.05, 0.1) is 12.1 Å². The van der Waals surface area contributed by atoms with Crippen LogP contribution in [0.15, 0.2) is 21.3 Å². The third-order valence-corrected chi connectivity index (χ3v) is 7.81.